The second-order valence-corrected chi connectivity index (χ2v) is 4.59. The number of ether oxygens (including phenoxy) is 1. The number of aromatic nitrogens is 1. The molecule has 0 saturated carbocycles. The fraction of sp³-hybridized carbons (Fsp3) is 0.0667. The van der Waals surface area contributed by atoms with Crippen LogP contribution in [0.5, 0.6) is 5.75 Å². The minimum atomic E-state index is -4.56. The minimum Gasteiger partial charge on any atom is -0.420 e. The lowest BCUT2D eigenvalue weighted by Crippen LogP contribution is -2.12. The first-order chi connectivity index (χ1) is 10.3. The van der Waals surface area contributed by atoms with Gasteiger partial charge in [0.05, 0.1) is 10.6 Å². The van der Waals surface area contributed by atoms with E-state index in [9.17, 15) is 18.0 Å². The van der Waals surface area contributed by atoms with Gasteiger partial charge in [-0.05, 0) is 24.3 Å². The van der Waals surface area contributed by atoms with Crippen molar-refractivity contribution in [2.75, 3.05) is 0 Å². The maximum Gasteiger partial charge on any atom is 0.416 e. The van der Waals surface area contributed by atoms with Crippen molar-refractivity contribution in [3.05, 3.63) is 65.0 Å². The van der Waals surface area contributed by atoms with Crippen LogP contribution in [0.1, 0.15) is 21.6 Å². The number of pyridine rings is 1. The molecule has 2 aromatic rings. The van der Waals surface area contributed by atoms with Crippen molar-refractivity contribution in [3.63, 3.8) is 0 Å². The summed E-state index contributed by atoms with van der Waals surface area (Å²) in [5.41, 5.74) is -0.984. The van der Waals surface area contributed by atoms with Crippen molar-refractivity contribution in [3.8, 4) is 5.75 Å². The standard InChI is InChI=1S/C15H9ClF3NO2/c1-2-9-7-10(15(17,18)19)8-11(16)13(9)22-14(21)12-5-3-4-6-20-12/h2-8H,1H2. The zero-order chi connectivity index (χ0) is 16.3. The highest BCUT2D eigenvalue weighted by atomic mass is 35.5. The Morgan fingerprint density at radius 2 is 2.05 bits per heavy atom. The molecule has 1 aromatic heterocycles. The van der Waals surface area contributed by atoms with Crippen molar-refractivity contribution in [2.24, 2.45) is 0 Å². The van der Waals surface area contributed by atoms with Gasteiger partial charge in [-0.15, -0.1) is 0 Å². The van der Waals surface area contributed by atoms with Gasteiger partial charge in [0, 0.05) is 11.8 Å². The molecule has 0 bridgehead atoms. The summed E-state index contributed by atoms with van der Waals surface area (Å²) in [6.45, 7) is 3.40. The number of rotatable bonds is 3. The number of esters is 1. The zero-order valence-electron chi connectivity index (χ0n) is 11.0. The number of hydrogen-bond acceptors (Lipinski definition) is 3. The molecule has 0 atom stereocenters. The van der Waals surface area contributed by atoms with Crippen LogP contribution in [0.15, 0.2) is 43.1 Å². The van der Waals surface area contributed by atoms with E-state index in [1.165, 1.54) is 12.3 Å². The lowest BCUT2D eigenvalue weighted by atomic mass is 10.1. The van der Waals surface area contributed by atoms with Crippen LogP contribution in [0.4, 0.5) is 13.2 Å². The van der Waals surface area contributed by atoms with Gasteiger partial charge in [-0.2, -0.15) is 13.2 Å². The zero-order valence-corrected chi connectivity index (χ0v) is 11.8. The number of hydrogen-bond donors (Lipinski definition) is 0. The highest BCUT2D eigenvalue weighted by Crippen LogP contribution is 2.38. The SMILES string of the molecule is C=Cc1cc(C(F)(F)F)cc(Cl)c1OC(=O)c1ccccn1. The first-order valence-corrected chi connectivity index (χ1v) is 6.37. The lowest BCUT2D eigenvalue weighted by Gasteiger charge is -2.13. The fourth-order valence-corrected chi connectivity index (χ4v) is 1.93. The van der Waals surface area contributed by atoms with Crippen LogP contribution in [0, 0.1) is 0 Å². The van der Waals surface area contributed by atoms with Crippen molar-refractivity contribution in [2.45, 2.75) is 6.18 Å². The molecular weight excluding hydrogens is 319 g/mol. The second-order valence-electron chi connectivity index (χ2n) is 4.18. The van der Waals surface area contributed by atoms with E-state index in [4.69, 9.17) is 16.3 Å². The molecule has 0 fully saturated rings. The average molecular weight is 328 g/mol. The summed E-state index contributed by atoms with van der Waals surface area (Å²) in [6.07, 6.45) is -2.05. The molecule has 0 spiro atoms. The third-order valence-electron chi connectivity index (χ3n) is 2.69. The van der Waals surface area contributed by atoms with E-state index < -0.39 is 17.7 Å². The molecule has 0 N–H and O–H groups in total. The Morgan fingerprint density at radius 3 is 2.59 bits per heavy atom. The van der Waals surface area contributed by atoms with Crippen molar-refractivity contribution in [1.82, 2.24) is 4.98 Å². The quantitative estimate of drug-likeness (QED) is 0.610. The van der Waals surface area contributed by atoms with E-state index in [0.717, 1.165) is 12.1 Å². The Balaban J connectivity index is 2.39. The predicted octanol–water partition coefficient (Wildman–Crippen LogP) is 4.62. The van der Waals surface area contributed by atoms with E-state index in [1.807, 2.05) is 0 Å². The van der Waals surface area contributed by atoms with E-state index >= 15 is 0 Å². The van der Waals surface area contributed by atoms with E-state index in [-0.39, 0.29) is 22.0 Å². The molecule has 0 radical (unpaired) electrons. The Labute approximate surface area is 129 Å². The summed E-state index contributed by atoms with van der Waals surface area (Å²) in [5, 5.41) is -0.339. The average Bonchev–Trinajstić information content (AvgIpc) is 2.48. The predicted molar refractivity (Wildman–Crippen MR) is 75.7 cm³/mol. The first-order valence-electron chi connectivity index (χ1n) is 5.99. The van der Waals surface area contributed by atoms with Gasteiger partial charge >= 0.3 is 12.1 Å². The molecule has 114 valence electrons. The number of benzene rings is 1. The topological polar surface area (TPSA) is 39.2 Å². The first kappa shape index (κ1) is 16.0. The normalized spacial score (nSPS) is 11.1. The molecule has 0 amide bonds. The molecule has 3 nitrogen and oxygen atoms in total. The number of halogens is 4. The molecule has 2 rings (SSSR count). The fourth-order valence-electron chi connectivity index (χ4n) is 1.67. The van der Waals surface area contributed by atoms with Crippen LogP contribution in [0.2, 0.25) is 5.02 Å². The molecule has 7 heteroatoms. The van der Waals surface area contributed by atoms with Gasteiger partial charge in [-0.3, -0.25) is 0 Å². The van der Waals surface area contributed by atoms with Crippen LogP contribution < -0.4 is 4.74 Å². The molecule has 0 unspecified atom stereocenters. The maximum absolute atomic E-state index is 12.7. The smallest absolute Gasteiger partial charge is 0.416 e. The monoisotopic (exact) mass is 327 g/mol. The summed E-state index contributed by atoms with van der Waals surface area (Å²) in [6, 6.07) is 6.09. The minimum absolute atomic E-state index is 0.00785. The number of carbonyl (C=O) groups is 1. The summed E-state index contributed by atoms with van der Waals surface area (Å²) >= 11 is 5.81. The largest absolute Gasteiger partial charge is 0.420 e. The van der Waals surface area contributed by atoms with E-state index in [1.54, 1.807) is 12.1 Å². The number of alkyl halides is 3. The highest BCUT2D eigenvalue weighted by molar-refractivity contribution is 6.32. The van der Waals surface area contributed by atoms with Crippen LogP contribution in [-0.4, -0.2) is 11.0 Å². The van der Waals surface area contributed by atoms with Crippen LogP contribution in [-0.2, 0) is 6.18 Å². The Bertz CT molecular complexity index is 715. The lowest BCUT2D eigenvalue weighted by molar-refractivity contribution is -0.137. The van der Waals surface area contributed by atoms with Crippen molar-refractivity contribution < 1.29 is 22.7 Å². The molecule has 1 aromatic carbocycles. The van der Waals surface area contributed by atoms with Crippen molar-refractivity contribution in [1.29, 1.82) is 0 Å². The molecule has 0 aliphatic heterocycles. The van der Waals surface area contributed by atoms with Gasteiger partial charge in [0.1, 0.15) is 5.69 Å². The molecule has 1 heterocycles. The van der Waals surface area contributed by atoms with Gasteiger partial charge in [-0.25, -0.2) is 9.78 Å². The third kappa shape index (κ3) is 3.46. The van der Waals surface area contributed by atoms with Crippen LogP contribution in [0.25, 0.3) is 6.08 Å². The van der Waals surface area contributed by atoms with Crippen LogP contribution in [0.3, 0.4) is 0 Å². The summed E-state index contributed by atoms with van der Waals surface area (Å²) in [5.74, 6) is -1.02. The molecule has 0 aliphatic carbocycles. The Hall–Kier alpha value is -2.34. The summed E-state index contributed by atoms with van der Waals surface area (Å²) in [7, 11) is 0. The maximum atomic E-state index is 12.7. The third-order valence-corrected chi connectivity index (χ3v) is 2.97. The number of nitrogens with zero attached hydrogens (tertiary/aromatic N) is 1. The van der Waals surface area contributed by atoms with Crippen molar-refractivity contribution >= 4 is 23.6 Å². The van der Waals surface area contributed by atoms with E-state index in [2.05, 4.69) is 11.6 Å². The molecular formula is C15H9ClF3NO2. The van der Waals surface area contributed by atoms with Gasteiger partial charge in [0.2, 0.25) is 0 Å². The Morgan fingerprint density at radius 1 is 1.32 bits per heavy atom. The molecule has 22 heavy (non-hydrogen) atoms. The van der Waals surface area contributed by atoms with Gasteiger partial charge in [-0.1, -0.05) is 30.3 Å². The highest BCUT2D eigenvalue weighted by Gasteiger charge is 2.32. The molecule has 0 saturated heterocycles. The summed E-state index contributed by atoms with van der Waals surface area (Å²) < 4.78 is 43.2. The van der Waals surface area contributed by atoms with Gasteiger partial charge < -0.3 is 4.74 Å². The van der Waals surface area contributed by atoms with Gasteiger partial charge in [0.15, 0.2) is 5.75 Å². The summed E-state index contributed by atoms with van der Waals surface area (Å²) in [4.78, 5) is 15.7. The van der Waals surface area contributed by atoms with Crippen LogP contribution >= 0.6 is 11.6 Å². The van der Waals surface area contributed by atoms with Gasteiger partial charge in [0.25, 0.3) is 0 Å². The second kappa shape index (κ2) is 6.19. The Kier molecular flexibility index (Phi) is 4.51. The molecule has 0 aliphatic rings. The van der Waals surface area contributed by atoms with E-state index in [0.29, 0.717) is 6.07 Å². The number of carbonyl (C=O) groups excluding carboxylic acids is 1.